The molecule has 0 aliphatic carbocycles. The van der Waals surface area contributed by atoms with E-state index in [9.17, 15) is 19.8 Å². The zero-order valence-corrected chi connectivity index (χ0v) is 20.4. The molecule has 1 heterocycles. The van der Waals surface area contributed by atoms with Crippen molar-refractivity contribution in [2.45, 2.75) is 40.2 Å². The largest absolute Gasteiger partial charge is 0.507 e. The van der Waals surface area contributed by atoms with Crippen LogP contribution in [0.2, 0.25) is 0 Å². The van der Waals surface area contributed by atoms with E-state index >= 15 is 0 Å². The van der Waals surface area contributed by atoms with Crippen LogP contribution in [0.1, 0.15) is 49.9 Å². The number of phenolic OH excluding ortho intramolecular Hbond substituents is 1. The number of aliphatic hydroxyl groups is 1. The Kier molecular flexibility index (Phi) is 8.34. The molecule has 182 valence electrons. The SMILES string of the molecule is CCOc1cccc([C@@H]2C(=C(O)c3cc(C)ccc3O)C(=O)C(=O)N2CCCN(CC)CC)c1. The van der Waals surface area contributed by atoms with Crippen molar-refractivity contribution in [3.8, 4) is 11.5 Å². The number of carbonyl (C=O) groups excluding carboxylic acids is 2. The highest BCUT2D eigenvalue weighted by Crippen LogP contribution is 2.41. The van der Waals surface area contributed by atoms with Gasteiger partial charge in [-0.15, -0.1) is 0 Å². The van der Waals surface area contributed by atoms with Crippen LogP contribution in [0.3, 0.4) is 0 Å². The second kappa shape index (κ2) is 11.2. The minimum absolute atomic E-state index is 0.0256. The van der Waals surface area contributed by atoms with Gasteiger partial charge in [-0.1, -0.05) is 37.6 Å². The summed E-state index contributed by atoms with van der Waals surface area (Å²) >= 11 is 0. The summed E-state index contributed by atoms with van der Waals surface area (Å²) in [6.45, 7) is 11.3. The Balaban J connectivity index is 2.09. The van der Waals surface area contributed by atoms with Crippen LogP contribution < -0.4 is 4.74 Å². The Morgan fingerprint density at radius 3 is 2.50 bits per heavy atom. The fourth-order valence-corrected chi connectivity index (χ4v) is 4.39. The van der Waals surface area contributed by atoms with E-state index in [0.29, 0.717) is 30.9 Å². The molecule has 7 nitrogen and oxygen atoms in total. The van der Waals surface area contributed by atoms with Crippen LogP contribution in [0.25, 0.3) is 5.76 Å². The summed E-state index contributed by atoms with van der Waals surface area (Å²) in [6, 6.07) is 11.2. The van der Waals surface area contributed by atoms with Crippen LogP contribution in [0.4, 0.5) is 0 Å². The maximum Gasteiger partial charge on any atom is 0.295 e. The maximum atomic E-state index is 13.2. The fourth-order valence-electron chi connectivity index (χ4n) is 4.39. The molecule has 1 atom stereocenters. The molecule has 1 amide bonds. The highest BCUT2D eigenvalue weighted by molar-refractivity contribution is 6.46. The van der Waals surface area contributed by atoms with E-state index in [-0.39, 0.29) is 22.6 Å². The van der Waals surface area contributed by atoms with Gasteiger partial charge in [-0.3, -0.25) is 9.59 Å². The number of hydrogen-bond acceptors (Lipinski definition) is 6. The number of aryl methyl sites for hydroxylation is 1. The molecule has 1 saturated heterocycles. The summed E-state index contributed by atoms with van der Waals surface area (Å²) in [4.78, 5) is 30.1. The summed E-state index contributed by atoms with van der Waals surface area (Å²) in [7, 11) is 0. The lowest BCUT2D eigenvalue weighted by atomic mass is 9.94. The van der Waals surface area contributed by atoms with E-state index in [1.54, 1.807) is 24.3 Å². The van der Waals surface area contributed by atoms with E-state index in [0.717, 1.165) is 25.2 Å². The standard InChI is InChI=1S/C27H34N2O5/c1-5-28(6-2)14-9-15-29-24(19-10-8-11-20(17-19)34-7-3)23(26(32)27(29)33)25(31)21-16-18(4)12-13-22(21)30/h8,10-13,16-17,24,30-31H,5-7,9,14-15H2,1-4H3/t24-/m1/s1. The van der Waals surface area contributed by atoms with E-state index < -0.39 is 17.7 Å². The molecule has 0 radical (unpaired) electrons. The van der Waals surface area contributed by atoms with Crippen molar-refractivity contribution in [1.29, 1.82) is 0 Å². The lowest BCUT2D eigenvalue weighted by Gasteiger charge is -2.27. The number of nitrogens with zero attached hydrogens (tertiary/aromatic N) is 2. The first-order valence-corrected chi connectivity index (χ1v) is 11.9. The molecule has 1 fully saturated rings. The zero-order valence-electron chi connectivity index (χ0n) is 20.4. The van der Waals surface area contributed by atoms with Gasteiger partial charge in [-0.05, 0) is 69.7 Å². The number of aromatic hydroxyl groups is 1. The minimum atomic E-state index is -0.781. The summed E-state index contributed by atoms with van der Waals surface area (Å²) in [5, 5.41) is 21.6. The van der Waals surface area contributed by atoms with E-state index in [4.69, 9.17) is 4.74 Å². The number of benzene rings is 2. The number of ether oxygens (including phenoxy) is 1. The summed E-state index contributed by atoms with van der Waals surface area (Å²) < 4.78 is 5.64. The monoisotopic (exact) mass is 466 g/mol. The molecule has 2 aromatic rings. The average molecular weight is 467 g/mol. The Hall–Kier alpha value is -3.32. The highest BCUT2D eigenvalue weighted by atomic mass is 16.5. The molecule has 3 rings (SSSR count). The van der Waals surface area contributed by atoms with Crippen molar-refractivity contribution >= 4 is 17.4 Å². The van der Waals surface area contributed by atoms with Gasteiger partial charge in [0.05, 0.1) is 23.8 Å². The van der Waals surface area contributed by atoms with Crippen molar-refractivity contribution in [3.63, 3.8) is 0 Å². The summed E-state index contributed by atoms with van der Waals surface area (Å²) in [5.41, 5.74) is 1.58. The number of Topliss-reactive ketones (excluding diaryl/α,β-unsaturated/α-hetero) is 1. The lowest BCUT2D eigenvalue weighted by molar-refractivity contribution is -0.140. The molecule has 1 aliphatic heterocycles. The Bertz CT molecular complexity index is 1070. The number of amides is 1. The summed E-state index contributed by atoms with van der Waals surface area (Å²) in [6.07, 6.45) is 0.687. The summed E-state index contributed by atoms with van der Waals surface area (Å²) in [5.74, 6) is -1.32. The number of likely N-dealkylation sites (tertiary alicyclic amines) is 1. The first kappa shape index (κ1) is 25.3. The van der Waals surface area contributed by atoms with Crippen LogP contribution in [-0.4, -0.2) is 64.5 Å². The highest BCUT2D eigenvalue weighted by Gasteiger charge is 2.46. The molecule has 0 saturated carbocycles. The third-order valence-corrected chi connectivity index (χ3v) is 6.20. The zero-order chi connectivity index (χ0) is 24.8. The predicted molar refractivity (Wildman–Crippen MR) is 132 cm³/mol. The van der Waals surface area contributed by atoms with E-state index in [1.807, 2.05) is 26.0 Å². The number of aliphatic hydroxyl groups excluding tert-OH is 1. The molecular formula is C27H34N2O5. The van der Waals surface area contributed by atoms with Gasteiger partial charge in [0.1, 0.15) is 17.3 Å². The topological polar surface area (TPSA) is 90.3 Å². The number of rotatable bonds is 10. The molecular weight excluding hydrogens is 432 g/mol. The van der Waals surface area contributed by atoms with Gasteiger partial charge in [0.2, 0.25) is 0 Å². The van der Waals surface area contributed by atoms with E-state index in [1.165, 1.54) is 11.0 Å². The molecule has 2 N–H and O–H groups in total. The Morgan fingerprint density at radius 1 is 1.09 bits per heavy atom. The van der Waals surface area contributed by atoms with Crippen LogP contribution in [0.5, 0.6) is 11.5 Å². The van der Waals surface area contributed by atoms with Crippen molar-refractivity contribution in [2.75, 3.05) is 32.8 Å². The average Bonchev–Trinajstić information content (AvgIpc) is 3.08. The van der Waals surface area contributed by atoms with Gasteiger partial charge in [-0.25, -0.2) is 0 Å². The molecule has 1 aliphatic rings. The van der Waals surface area contributed by atoms with Crippen LogP contribution >= 0.6 is 0 Å². The number of ketones is 1. The molecule has 2 aromatic carbocycles. The quantitative estimate of drug-likeness (QED) is 0.309. The van der Waals surface area contributed by atoms with E-state index in [2.05, 4.69) is 18.7 Å². The smallest absolute Gasteiger partial charge is 0.295 e. The van der Waals surface area contributed by atoms with Gasteiger partial charge in [0, 0.05) is 6.54 Å². The van der Waals surface area contributed by atoms with Crippen LogP contribution in [0.15, 0.2) is 48.0 Å². The van der Waals surface area contributed by atoms with Crippen LogP contribution in [0, 0.1) is 6.92 Å². The first-order valence-electron chi connectivity index (χ1n) is 11.9. The van der Waals surface area contributed by atoms with Gasteiger partial charge < -0.3 is 24.7 Å². The molecule has 7 heteroatoms. The first-order chi connectivity index (χ1) is 16.3. The van der Waals surface area contributed by atoms with Gasteiger partial charge in [-0.2, -0.15) is 0 Å². The van der Waals surface area contributed by atoms with Crippen molar-refractivity contribution < 1.29 is 24.5 Å². The van der Waals surface area contributed by atoms with Crippen LogP contribution in [-0.2, 0) is 9.59 Å². The Labute approximate surface area is 201 Å². The third-order valence-electron chi connectivity index (χ3n) is 6.20. The van der Waals surface area contributed by atoms with Gasteiger partial charge >= 0.3 is 0 Å². The number of carbonyl (C=O) groups is 2. The second-order valence-electron chi connectivity index (χ2n) is 8.40. The van der Waals surface area contributed by atoms with Crippen molar-refractivity contribution in [2.24, 2.45) is 0 Å². The molecule has 34 heavy (non-hydrogen) atoms. The predicted octanol–water partition coefficient (Wildman–Crippen LogP) is 4.25. The Morgan fingerprint density at radius 2 is 1.82 bits per heavy atom. The van der Waals surface area contributed by atoms with Crippen molar-refractivity contribution in [1.82, 2.24) is 9.80 Å². The fraction of sp³-hybridized carbons (Fsp3) is 0.407. The molecule has 0 unspecified atom stereocenters. The lowest BCUT2D eigenvalue weighted by Crippen LogP contribution is -2.33. The third kappa shape index (κ3) is 5.25. The van der Waals surface area contributed by atoms with Gasteiger partial charge in [0.25, 0.3) is 11.7 Å². The number of hydrogen-bond donors (Lipinski definition) is 2. The molecule has 0 aromatic heterocycles. The number of phenols is 1. The molecule has 0 bridgehead atoms. The maximum absolute atomic E-state index is 13.2. The normalized spacial score (nSPS) is 17.6. The van der Waals surface area contributed by atoms with Gasteiger partial charge in [0.15, 0.2) is 0 Å². The second-order valence-corrected chi connectivity index (χ2v) is 8.40. The molecule has 0 spiro atoms. The minimum Gasteiger partial charge on any atom is -0.507 e. The van der Waals surface area contributed by atoms with Crippen molar-refractivity contribution in [3.05, 3.63) is 64.7 Å².